The molecule has 0 radical (unpaired) electrons. The Labute approximate surface area is 574 Å². The first-order valence-corrected chi connectivity index (χ1v) is 35.4. The molecule has 0 spiro atoms. The molecule has 98 heavy (non-hydrogen) atoms. The number of nitrogens with zero attached hydrogens (tertiary/aromatic N) is 1. The number of nitrogens with one attached hydrogen (secondary N) is 7. The van der Waals surface area contributed by atoms with Gasteiger partial charge < -0.3 is 130 Å². The number of rotatable bonds is 40. The fourth-order valence-electron chi connectivity index (χ4n) is 11.0. The minimum atomic E-state index is -3.21. The molecule has 17 atom stereocenters. The number of ether oxygens (including phenoxy) is 9. The van der Waals surface area contributed by atoms with Gasteiger partial charge in [0.2, 0.25) is 41.4 Å². The van der Waals surface area contributed by atoms with Gasteiger partial charge in [0.15, 0.2) is 18.9 Å². The van der Waals surface area contributed by atoms with Crippen molar-refractivity contribution in [2.75, 3.05) is 112 Å². The number of benzene rings is 1. The van der Waals surface area contributed by atoms with Crippen molar-refractivity contribution < 1.29 is 131 Å². The van der Waals surface area contributed by atoms with Crippen LogP contribution in [0.15, 0.2) is 24.3 Å². The van der Waals surface area contributed by atoms with Crippen molar-refractivity contribution >= 4 is 60.2 Å². The third-order valence-corrected chi connectivity index (χ3v) is 20.9. The van der Waals surface area contributed by atoms with Gasteiger partial charge in [0.05, 0.1) is 105 Å². The topological polar surface area (TPSA) is 498 Å². The zero-order valence-electron chi connectivity index (χ0n) is 56.2. The van der Waals surface area contributed by atoms with E-state index in [9.17, 15) is 84.1 Å². The summed E-state index contributed by atoms with van der Waals surface area (Å²) < 4.78 is 69.9. The Kier molecular flexibility index (Phi) is 36.0. The molecule has 37 heteroatoms. The Bertz CT molecular complexity index is 2610. The number of hydrogen-bond donors (Lipinski definition) is 17. The van der Waals surface area contributed by atoms with Crippen LogP contribution < -0.4 is 37.2 Å². The van der Waals surface area contributed by atoms with Gasteiger partial charge in [0.25, 0.3) is 6.57 Å². The normalized spacial score (nSPS) is 29.1. The lowest BCUT2D eigenvalue weighted by Crippen LogP contribution is -2.64. The van der Waals surface area contributed by atoms with E-state index < -0.39 is 178 Å². The second kappa shape index (κ2) is 42.0. The van der Waals surface area contributed by atoms with Crippen molar-refractivity contribution in [2.45, 2.75) is 189 Å². The van der Waals surface area contributed by atoms with Crippen LogP contribution in [0, 0.1) is 5.92 Å². The minimum Gasteiger partial charge on any atom is -0.394 e. The van der Waals surface area contributed by atoms with E-state index in [0.717, 1.165) is 5.56 Å². The second-order valence-electron chi connectivity index (χ2n) is 25.2. The maximum Gasteiger partial charge on any atom is 0.260 e. The molecule has 7 amide bonds. The largest absolute Gasteiger partial charge is 0.394 e. The predicted molar refractivity (Wildman–Crippen MR) is 346 cm³/mol. The van der Waals surface area contributed by atoms with Gasteiger partial charge in [-0.1, -0.05) is 57.3 Å². The summed E-state index contributed by atoms with van der Waals surface area (Å²) in [6.07, 6.45) is -14.9. The first-order chi connectivity index (χ1) is 46.5. The molecule has 1 saturated carbocycles. The molecule has 5 rings (SSSR count). The van der Waals surface area contributed by atoms with Crippen LogP contribution in [0.2, 0.25) is 0 Å². The van der Waals surface area contributed by atoms with Crippen LogP contribution in [-0.2, 0) is 98.2 Å². The molecule has 1 aromatic rings. The van der Waals surface area contributed by atoms with Gasteiger partial charge in [-0.05, 0) is 43.2 Å². The Balaban J connectivity index is 1.26. The van der Waals surface area contributed by atoms with E-state index in [1.807, 2.05) is 0 Å². The molecule has 4 fully saturated rings. The minimum absolute atomic E-state index is 0.0724. The fourth-order valence-corrected chi connectivity index (χ4v) is 12.3. The molecule has 3 saturated heterocycles. The standard InChI is InChI=1S/C61H103N8O27PS/c1-34(73)66-47-53(81)50(78)42(31-70)93-58(47)90-24-21-87-18-15-62-45(76)29-69(30-46(77)63-16-19-88-22-25-91-59-48(67-35(2)74)54(82)51(79)43(32-71)94-59)41(57(85)64-17-20-89-23-26-92-60-49(68-36(3)75)55(83)52(80)44(33-72)95-60)27-37-7-9-38(10-8-37)28-65-56(84)39-11-13-40(14-12-39)96-97(86,98)61(4,5)6/h7-10,39-44,47-55,58-60,70-72,78-83H,11-33H2,1-6H3,(H,62,76)(H,63,77)(H,64,85)(H,65,84)(H,66,73)(H,67,74)(H,68,75)(H,86,98). The molecule has 17 unspecified atom stereocenters. The molecule has 1 aliphatic carbocycles. The van der Waals surface area contributed by atoms with E-state index >= 15 is 0 Å². The molecule has 3 aliphatic heterocycles. The van der Waals surface area contributed by atoms with Crippen LogP contribution in [-0.4, -0.2) is 313 Å². The summed E-state index contributed by atoms with van der Waals surface area (Å²) in [7, 11) is 0. The van der Waals surface area contributed by atoms with E-state index in [1.165, 1.54) is 25.7 Å². The Morgan fingerprint density at radius 1 is 0.541 bits per heavy atom. The number of hydrogen-bond acceptors (Lipinski definition) is 28. The second-order valence-corrected chi connectivity index (χ2v) is 29.3. The lowest BCUT2D eigenvalue weighted by atomic mass is 9.87. The van der Waals surface area contributed by atoms with Gasteiger partial charge in [-0.2, -0.15) is 0 Å². The highest BCUT2D eigenvalue weighted by Crippen LogP contribution is 2.64. The summed E-state index contributed by atoms with van der Waals surface area (Å²) in [6.45, 7) is 1.67. The molecular weight excluding hydrogens is 1340 g/mol. The predicted octanol–water partition coefficient (Wildman–Crippen LogP) is -5.71. The number of carbonyl (C=O) groups is 7. The van der Waals surface area contributed by atoms with E-state index in [4.69, 9.17) is 47.2 Å². The lowest BCUT2D eigenvalue weighted by Gasteiger charge is -2.42. The molecular formula is C61H103N8O27PS. The maximum atomic E-state index is 14.6. The molecule has 1 aromatic carbocycles. The highest BCUT2D eigenvalue weighted by Gasteiger charge is 2.48. The number of aliphatic hydroxyl groups is 9. The van der Waals surface area contributed by atoms with Gasteiger partial charge in [0.1, 0.15) is 73.1 Å². The Hall–Kier alpha value is -4.71. The Morgan fingerprint density at radius 2 is 0.908 bits per heavy atom. The van der Waals surface area contributed by atoms with Crippen molar-refractivity contribution in [2.24, 2.45) is 5.92 Å². The number of aliphatic hydroxyl groups excluding tert-OH is 9. The molecule has 16 N–H and O–H groups in total. The highest BCUT2D eigenvalue weighted by atomic mass is 32.7. The third-order valence-electron chi connectivity index (χ3n) is 16.5. The molecule has 560 valence electrons. The zero-order chi connectivity index (χ0) is 72.3. The maximum absolute atomic E-state index is 14.6. The van der Waals surface area contributed by atoms with Crippen molar-refractivity contribution in [3.05, 3.63) is 35.4 Å². The molecule has 35 nitrogen and oxygen atoms in total. The average molecular weight is 1440 g/mol. The summed E-state index contributed by atoms with van der Waals surface area (Å²) in [5, 5.41) is 110. The van der Waals surface area contributed by atoms with Crippen LogP contribution in [0.4, 0.5) is 0 Å². The van der Waals surface area contributed by atoms with Crippen molar-refractivity contribution in [3.63, 3.8) is 0 Å². The summed E-state index contributed by atoms with van der Waals surface area (Å²) in [4.78, 5) is 92.8. The van der Waals surface area contributed by atoms with Crippen molar-refractivity contribution in [1.29, 1.82) is 0 Å². The van der Waals surface area contributed by atoms with Crippen LogP contribution in [0.5, 0.6) is 0 Å². The first kappa shape index (κ1) is 83.9. The molecule has 4 aliphatic rings. The van der Waals surface area contributed by atoms with Crippen LogP contribution in [0.1, 0.15) is 78.4 Å². The average Bonchev–Trinajstić information content (AvgIpc) is 0.826. The van der Waals surface area contributed by atoms with Gasteiger partial charge in [-0.15, -0.1) is 0 Å². The number of thiol groups is 1. The third kappa shape index (κ3) is 26.9. The van der Waals surface area contributed by atoms with Crippen molar-refractivity contribution in [3.8, 4) is 0 Å². The van der Waals surface area contributed by atoms with Crippen molar-refractivity contribution in [1.82, 2.24) is 42.1 Å². The lowest BCUT2D eigenvalue weighted by molar-refractivity contribution is -0.272. The van der Waals surface area contributed by atoms with E-state index in [-0.39, 0.29) is 110 Å². The SMILES string of the molecule is CC(=O)NC1C(OCCOCCNC(=O)CN(CC(=O)NCCOCCOC2OC(CO)C(O)C(O)C2NC(C)=O)C(Cc2ccc(CNC(=O)C3CCC(OP(=O)(S)C(C)(C)C)CC3)cc2)C(=O)NCCOCCOC2OC(CO)C(O)C(O)C2NC(C)=O)OC(CO)C(O)C1O. The monoisotopic (exact) mass is 1440 g/mol. The van der Waals surface area contributed by atoms with E-state index in [0.29, 0.717) is 31.2 Å². The summed E-state index contributed by atoms with van der Waals surface area (Å²) >= 11 is 4.34. The first-order valence-electron chi connectivity index (χ1n) is 32.7. The number of amides is 7. The van der Waals surface area contributed by atoms with Gasteiger partial charge in [-0.3, -0.25) is 43.0 Å². The summed E-state index contributed by atoms with van der Waals surface area (Å²) in [5.74, 6) is -3.99. The molecule has 0 aromatic heterocycles. The van der Waals surface area contributed by atoms with E-state index in [2.05, 4.69) is 49.5 Å². The zero-order valence-corrected chi connectivity index (χ0v) is 58.0. The van der Waals surface area contributed by atoms with Crippen LogP contribution >= 0.6 is 18.8 Å². The smallest absolute Gasteiger partial charge is 0.260 e. The molecule has 0 bridgehead atoms. The number of carbonyl (C=O) groups excluding carboxylic acids is 7. The van der Waals surface area contributed by atoms with E-state index in [1.54, 1.807) is 45.0 Å². The van der Waals surface area contributed by atoms with Crippen LogP contribution in [0.25, 0.3) is 0 Å². The van der Waals surface area contributed by atoms with Gasteiger partial charge in [0, 0.05) is 58.0 Å². The fraction of sp³-hybridized carbons (Fsp3) is 0.787. The Morgan fingerprint density at radius 3 is 1.27 bits per heavy atom. The highest BCUT2D eigenvalue weighted by molar-refractivity contribution is 8.46. The van der Waals surface area contributed by atoms with Crippen LogP contribution in [0.3, 0.4) is 0 Å². The quantitative estimate of drug-likeness (QED) is 0.0165. The van der Waals surface area contributed by atoms with Gasteiger partial charge in [-0.25, -0.2) is 0 Å². The van der Waals surface area contributed by atoms with Gasteiger partial charge >= 0.3 is 0 Å². The summed E-state index contributed by atoms with van der Waals surface area (Å²) in [6, 6.07) is 2.19. The summed E-state index contributed by atoms with van der Waals surface area (Å²) in [5.41, 5.74) is 1.31. The molecule has 3 heterocycles.